The lowest BCUT2D eigenvalue weighted by molar-refractivity contribution is 0.0848. The molecule has 162 valence electrons. The molecule has 0 saturated carbocycles. The number of hydrazine groups is 1. The first-order valence-corrected chi connectivity index (χ1v) is 12.1. The molecule has 1 aromatic heterocycles. The van der Waals surface area contributed by atoms with Crippen LogP contribution in [0.5, 0.6) is 0 Å². The van der Waals surface area contributed by atoms with Gasteiger partial charge in [0.25, 0.3) is 11.8 Å². The lowest BCUT2D eigenvalue weighted by Crippen LogP contribution is -2.41. The summed E-state index contributed by atoms with van der Waals surface area (Å²) >= 11 is 1.47. The summed E-state index contributed by atoms with van der Waals surface area (Å²) in [4.78, 5) is 27.0. The Morgan fingerprint density at radius 3 is 2.33 bits per heavy atom. The molecule has 9 heteroatoms. The van der Waals surface area contributed by atoms with E-state index in [2.05, 4.69) is 10.9 Å². The fourth-order valence-electron chi connectivity index (χ4n) is 3.45. The minimum absolute atomic E-state index is 0.0750. The van der Waals surface area contributed by atoms with E-state index in [1.807, 2.05) is 6.07 Å². The van der Waals surface area contributed by atoms with Gasteiger partial charge in [-0.15, -0.1) is 11.3 Å². The first kappa shape index (κ1) is 22.5. The number of rotatable bonds is 4. The summed E-state index contributed by atoms with van der Waals surface area (Å²) in [6, 6.07) is 4.86. The maximum absolute atomic E-state index is 12.6. The second-order valence-electron chi connectivity index (χ2n) is 7.73. The maximum Gasteiger partial charge on any atom is 0.279 e. The van der Waals surface area contributed by atoms with E-state index in [0.29, 0.717) is 16.0 Å². The lowest BCUT2D eigenvalue weighted by Gasteiger charge is -2.16. The molecule has 0 bridgehead atoms. The summed E-state index contributed by atoms with van der Waals surface area (Å²) in [7, 11) is -0.809. The number of carbonyl (C=O) groups excluding carboxylic acids is 2. The van der Waals surface area contributed by atoms with Gasteiger partial charge in [-0.2, -0.15) is 0 Å². The monoisotopic (exact) mass is 449 g/mol. The molecule has 7 nitrogen and oxygen atoms in total. The topological polar surface area (TPSA) is 95.6 Å². The summed E-state index contributed by atoms with van der Waals surface area (Å²) in [5.74, 6) is -0.939. The second-order valence-corrected chi connectivity index (χ2v) is 11.0. The average molecular weight is 450 g/mol. The van der Waals surface area contributed by atoms with Crippen LogP contribution in [0, 0.1) is 13.8 Å². The summed E-state index contributed by atoms with van der Waals surface area (Å²) in [5.41, 5.74) is 7.51. The molecule has 1 heterocycles. The lowest BCUT2D eigenvalue weighted by atomic mass is 10.1. The Hall–Kier alpha value is -2.23. The van der Waals surface area contributed by atoms with Crippen molar-refractivity contribution in [1.82, 2.24) is 15.2 Å². The normalized spacial score (nSPS) is 14.2. The van der Waals surface area contributed by atoms with Gasteiger partial charge < -0.3 is 0 Å². The Balaban J connectivity index is 1.75. The van der Waals surface area contributed by atoms with Gasteiger partial charge >= 0.3 is 0 Å². The van der Waals surface area contributed by atoms with Gasteiger partial charge in [0.2, 0.25) is 10.0 Å². The Bertz CT molecular complexity index is 1060. The first-order chi connectivity index (χ1) is 14.1. The predicted molar refractivity (Wildman–Crippen MR) is 117 cm³/mol. The molecule has 0 saturated heterocycles. The molecule has 2 N–H and O–H groups in total. The number of amides is 2. The fraction of sp³-hybridized carbons (Fsp3) is 0.429. The number of fused-ring (bicyclic) bond motifs is 1. The summed E-state index contributed by atoms with van der Waals surface area (Å²) in [6.07, 6.45) is 5.45. The third-order valence-electron chi connectivity index (χ3n) is 5.40. The molecule has 30 heavy (non-hydrogen) atoms. The van der Waals surface area contributed by atoms with E-state index >= 15 is 0 Å². The van der Waals surface area contributed by atoms with Crippen LogP contribution < -0.4 is 10.9 Å². The number of thiophene rings is 1. The van der Waals surface area contributed by atoms with Crippen LogP contribution >= 0.6 is 11.3 Å². The van der Waals surface area contributed by atoms with Gasteiger partial charge in [0.15, 0.2) is 0 Å². The van der Waals surface area contributed by atoms with Gasteiger partial charge in [-0.1, -0.05) is 6.42 Å². The molecule has 0 spiro atoms. The Morgan fingerprint density at radius 1 is 0.967 bits per heavy atom. The van der Waals surface area contributed by atoms with Crippen LogP contribution in [-0.4, -0.2) is 38.6 Å². The van der Waals surface area contributed by atoms with E-state index in [4.69, 9.17) is 0 Å². The molecule has 1 aliphatic rings. The molecule has 1 aliphatic carbocycles. The number of carbonyl (C=O) groups is 2. The molecule has 1 aromatic carbocycles. The van der Waals surface area contributed by atoms with Crippen molar-refractivity contribution >= 4 is 33.2 Å². The molecule has 2 amide bonds. The van der Waals surface area contributed by atoms with E-state index in [1.54, 1.807) is 19.9 Å². The van der Waals surface area contributed by atoms with Crippen LogP contribution in [0.3, 0.4) is 0 Å². The molecule has 0 unspecified atom stereocenters. The van der Waals surface area contributed by atoms with Gasteiger partial charge in [0.05, 0.1) is 9.77 Å². The van der Waals surface area contributed by atoms with E-state index in [-0.39, 0.29) is 16.4 Å². The van der Waals surface area contributed by atoms with Crippen molar-refractivity contribution in [3.8, 4) is 0 Å². The first-order valence-electron chi connectivity index (χ1n) is 9.87. The smallest absolute Gasteiger partial charge is 0.267 e. The highest BCUT2D eigenvalue weighted by Crippen LogP contribution is 2.29. The van der Waals surface area contributed by atoms with Crippen LogP contribution in [0.1, 0.15) is 60.9 Å². The van der Waals surface area contributed by atoms with Gasteiger partial charge in [-0.25, -0.2) is 12.7 Å². The highest BCUT2D eigenvalue weighted by molar-refractivity contribution is 7.89. The molecule has 0 atom stereocenters. The van der Waals surface area contributed by atoms with Crippen molar-refractivity contribution in [3.63, 3.8) is 0 Å². The van der Waals surface area contributed by atoms with Gasteiger partial charge in [0, 0.05) is 24.5 Å². The van der Waals surface area contributed by atoms with Crippen LogP contribution in [0.25, 0.3) is 0 Å². The Kier molecular flexibility index (Phi) is 6.64. The van der Waals surface area contributed by atoms with Crippen LogP contribution in [-0.2, 0) is 22.9 Å². The maximum atomic E-state index is 12.6. The predicted octanol–water partition coefficient (Wildman–Crippen LogP) is 2.96. The van der Waals surface area contributed by atoms with Crippen molar-refractivity contribution in [2.45, 2.75) is 50.8 Å². The Morgan fingerprint density at radius 2 is 1.63 bits per heavy atom. The number of nitrogens with one attached hydrogen (secondary N) is 2. The molecule has 3 rings (SSSR count). The van der Waals surface area contributed by atoms with E-state index in [0.717, 1.165) is 30.0 Å². The minimum Gasteiger partial charge on any atom is -0.267 e. The van der Waals surface area contributed by atoms with E-state index in [1.165, 1.54) is 48.4 Å². The van der Waals surface area contributed by atoms with Crippen molar-refractivity contribution < 1.29 is 18.0 Å². The van der Waals surface area contributed by atoms with Crippen molar-refractivity contribution in [2.75, 3.05) is 14.1 Å². The number of hydrogen-bond acceptors (Lipinski definition) is 5. The van der Waals surface area contributed by atoms with Crippen molar-refractivity contribution in [1.29, 1.82) is 0 Å². The SMILES string of the molecule is Cc1cc(C(=O)NNC(=O)c2cc3c(s2)CCCCC3)cc(S(=O)(=O)N(C)C)c1C. The molecule has 0 fully saturated rings. The minimum atomic E-state index is -3.70. The van der Waals surface area contributed by atoms with Gasteiger partial charge in [-0.3, -0.25) is 20.4 Å². The number of aryl methyl sites for hydroxylation is 3. The third-order valence-corrected chi connectivity index (χ3v) is 8.58. The largest absolute Gasteiger partial charge is 0.279 e. The zero-order chi connectivity index (χ0) is 22.1. The molecule has 2 aromatic rings. The summed E-state index contributed by atoms with van der Waals surface area (Å²) in [6.45, 7) is 3.45. The van der Waals surface area contributed by atoms with E-state index in [9.17, 15) is 18.0 Å². The van der Waals surface area contributed by atoms with Crippen LogP contribution in [0.15, 0.2) is 23.1 Å². The third kappa shape index (κ3) is 4.58. The van der Waals surface area contributed by atoms with Crippen molar-refractivity contribution in [2.24, 2.45) is 0 Å². The van der Waals surface area contributed by atoms with Gasteiger partial charge in [0.1, 0.15) is 0 Å². The molecule has 0 radical (unpaired) electrons. The highest BCUT2D eigenvalue weighted by atomic mass is 32.2. The van der Waals surface area contributed by atoms with Crippen molar-refractivity contribution in [3.05, 3.63) is 50.2 Å². The Labute approximate surface area is 181 Å². The number of sulfonamides is 1. The standard InChI is InChI=1S/C21H27N3O4S2/c1-13-10-16(12-19(14(13)2)30(27,28)24(3)4)20(25)22-23-21(26)18-11-15-8-6-5-7-9-17(15)29-18/h10-12H,5-9H2,1-4H3,(H,22,25)(H,23,26). The van der Waals surface area contributed by atoms with Gasteiger partial charge in [-0.05, 0) is 74.4 Å². The zero-order valence-electron chi connectivity index (χ0n) is 17.7. The summed E-state index contributed by atoms with van der Waals surface area (Å²) in [5, 5.41) is 0. The highest BCUT2D eigenvalue weighted by Gasteiger charge is 2.23. The average Bonchev–Trinajstić information content (AvgIpc) is 2.98. The quantitative estimate of drug-likeness (QED) is 0.554. The molecular formula is C21H27N3O4S2. The number of hydrogen-bond donors (Lipinski definition) is 2. The van der Waals surface area contributed by atoms with E-state index < -0.39 is 15.9 Å². The number of benzene rings is 1. The second kappa shape index (κ2) is 8.87. The molecule has 0 aliphatic heterocycles. The summed E-state index contributed by atoms with van der Waals surface area (Å²) < 4.78 is 26.3. The number of nitrogens with zero attached hydrogens (tertiary/aromatic N) is 1. The molecular weight excluding hydrogens is 422 g/mol. The van der Waals surface area contributed by atoms with Crippen LogP contribution in [0.4, 0.5) is 0 Å². The van der Waals surface area contributed by atoms with Crippen LogP contribution in [0.2, 0.25) is 0 Å². The fourth-order valence-corrected chi connectivity index (χ4v) is 5.82. The zero-order valence-corrected chi connectivity index (χ0v) is 19.3.